The van der Waals surface area contributed by atoms with Crippen LogP contribution in [0.15, 0.2) is 41.3 Å². The molecule has 0 aliphatic heterocycles. The molecule has 0 bridgehead atoms. The van der Waals surface area contributed by atoms with Gasteiger partial charge in [-0.05, 0) is 18.2 Å². The van der Waals surface area contributed by atoms with Gasteiger partial charge in [-0.25, -0.2) is 9.18 Å². The van der Waals surface area contributed by atoms with Crippen LogP contribution in [-0.2, 0) is 0 Å². The Kier molecular flexibility index (Phi) is 3.27. The van der Waals surface area contributed by atoms with Crippen molar-refractivity contribution >= 4 is 39.1 Å². The number of halogens is 2. The van der Waals surface area contributed by atoms with E-state index in [4.69, 9.17) is 16.7 Å². The van der Waals surface area contributed by atoms with Crippen LogP contribution in [0.25, 0.3) is 15.9 Å². The van der Waals surface area contributed by atoms with Crippen LogP contribution in [0.1, 0.15) is 10.4 Å². The molecule has 0 aliphatic rings. The lowest BCUT2D eigenvalue weighted by atomic mass is 10.2. The van der Waals surface area contributed by atoms with E-state index in [0.29, 0.717) is 9.17 Å². The average molecular weight is 324 g/mol. The summed E-state index contributed by atoms with van der Waals surface area (Å²) >= 11 is 7.00. The van der Waals surface area contributed by atoms with E-state index < -0.39 is 22.8 Å². The van der Waals surface area contributed by atoms with E-state index in [9.17, 15) is 14.0 Å². The lowest BCUT2D eigenvalue weighted by Gasteiger charge is -2.10. The van der Waals surface area contributed by atoms with Crippen molar-refractivity contribution in [2.24, 2.45) is 0 Å². The van der Waals surface area contributed by atoms with Crippen molar-refractivity contribution in [3.8, 4) is 5.69 Å². The number of hydrogen-bond donors (Lipinski definition) is 1. The Bertz CT molecular complexity index is 932. The number of carbonyl (C=O) groups is 1. The molecule has 21 heavy (non-hydrogen) atoms. The van der Waals surface area contributed by atoms with Crippen LogP contribution in [0.2, 0.25) is 4.34 Å². The Hall–Kier alpha value is -2.18. The summed E-state index contributed by atoms with van der Waals surface area (Å²) in [7, 11) is 0. The first kappa shape index (κ1) is 13.8. The van der Waals surface area contributed by atoms with E-state index >= 15 is 0 Å². The highest BCUT2D eigenvalue weighted by Crippen LogP contribution is 2.30. The summed E-state index contributed by atoms with van der Waals surface area (Å²) in [6.07, 6.45) is 1.12. The van der Waals surface area contributed by atoms with Gasteiger partial charge in [0.2, 0.25) is 5.43 Å². The fraction of sp³-hybridized carbons (Fsp3) is 0. The maximum Gasteiger partial charge on any atom is 0.341 e. The molecule has 0 amide bonds. The maximum atomic E-state index is 14.0. The number of nitrogens with zero attached hydrogens (tertiary/aromatic N) is 1. The van der Waals surface area contributed by atoms with E-state index in [1.165, 1.54) is 28.8 Å². The Morgan fingerprint density at radius 2 is 2.05 bits per heavy atom. The van der Waals surface area contributed by atoms with Crippen molar-refractivity contribution in [1.29, 1.82) is 0 Å². The minimum Gasteiger partial charge on any atom is -0.477 e. The van der Waals surface area contributed by atoms with Gasteiger partial charge >= 0.3 is 5.97 Å². The second kappa shape index (κ2) is 4.98. The third kappa shape index (κ3) is 2.22. The number of para-hydroxylation sites is 1. The largest absolute Gasteiger partial charge is 0.477 e. The molecule has 2 aromatic heterocycles. The first-order valence-electron chi connectivity index (χ1n) is 5.82. The lowest BCUT2D eigenvalue weighted by Crippen LogP contribution is -2.17. The van der Waals surface area contributed by atoms with Crippen molar-refractivity contribution < 1.29 is 14.3 Å². The number of thiophene rings is 1. The fourth-order valence-corrected chi connectivity index (χ4v) is 3.26. The molecule has 3 rings (SSSR count). The summed E-state index contributed by atoms with van der Waals surface area (Å²) < 4.78 is 15.6. The van der Waals surface area contributed by atoms with Crippen LogP contribution in [-0.4, -0.2) is 15.6 Å². The van der Waals surface area contributed by atoms with E-state index in [2.05, 4.69) is 0 Å². The van der Waals surface area contributed by atoms with Gasteiger partial charge in [0, 0.05) is 6.20 Å². The number of hydrogen-bond acceptors (Lipinski definition) is 3. The van der Waals surface area contributed by atoms with Gasteiger partial charge < -0.3 is 9.67 Å². The number of fused-ring (bicyclic) bond motifs is 1. The summed E-state index contributed by atoms with van der Waals surface area (Å²) in [4.78, 5) is 23.7. The van der Waals surface area contributed by atoms with Crippen molar-refractivity contribution in [2.45, 2.75) is 0 Å². The molecule has 3 aromatic rings. The molecule has 1 N–H and O–H groups in total. The number of rotatable bonds is 2. The lowest BCUT2D eigenvalue weighted by molar-refractivity contribution is 0.0695. The van der Waals surface area contributed by atoms with Gasteiger partial charge in [-0.1, -0.05) is 23.7 Å². The topological polar surface area (TPSA) is 59.3 Å². The molecule has 2 heterocycles. The van der Waals surface area contributed by atoms with Crippen molar-refractivity contribution in [3.05, 3.63) is 62.5 Å². The van der Waals surface area contributed by atoms with Gasteiger partial charge in [0.1, 0.15) is 16.2 Å². The molecule has 0 fully saturated rings. The van der Waals surface area contributed by atoms with Crippen molar-refractivity contribution in [1.82, 2.24) is 4.57 Å². The highest BCUT2D eigenvalue weighted by atomic mass is 35.5. The van der Waals surface area contributed by atoms with Gasteiger partial charge in [-0.15, -0.1) is 11.3 Å². The SMILES string of the molecule is O=C(O)c1cn(-c2ccccc2F)c2sc(Cl)cc2c1=O. The number of carboxylic acids is 1. The van der Waals surface area contributed by atoms with Crippen molar-refractivity contribution in [3.63, 3.8) is 0 Å². The first-order chi connectivity index (χ1) is 9.99. The van der Waals surface area contributed by atoms with Gasteiger partial charge in [-0.2, -0.15) is 0 Å². The predicted molar refractivity (Wildman–Crippen MR) is 79.3 cm³/mol. The van der Waals surface area contributed by atoms with Gasteiger partial charge in [0.05, 0.1) is 15.4 Å². The van der Waals surface area contributed by atoms with Crippen LogP contribution in [0.5, 0.6) is 0 Å². The molecule has 0 atom stereocenters. The minimum atomic E-state index is -1.37. The number of carboxylic acid groups (broad SMARTS) is 1. The van der Waals surface area contributed by atoms with E-state index in [1.807, 2.05) is 0 Å². The van der Waals surface area contributed by atoms with Gasteiger partial charge in [0.15, 0.2) is 0 Å². The molecule has 0 saturated heterocycles. The molecule has 0 spiro atoms. The summed E-state index contributed by atoms with van der Waals surface area (Å²) in [5, 5.41) is 9.30. The predicted octanol–water partition coefficient (Wildman–Crippen LogP) is 3.54. The Morgan fingerprint density at radius 1 is 1.33 bits per heavy atom. The second-order valence-electron chi connectivity index (χ2n) is 4.27. The Balaban J connectivity index is 2.47. The summed E-state index contributed by atoms with van der Waals surface area (Å²) in [6.45, 7) is 0. The Labute approximate surface area is 126 Å². The standard InChI is InChI=1S/C14H7ClFNO3S/c15-11-5-7-12(18)8(14(19)20)6-17(13(7)21-11)10-4-2-1-3-9(10)16/h1-6H,(H,19,20). The molecule has 0 saturated carbocycles. The summed E-state index contributed by atoms with van der Waals surface area (Å²) in [5.41, 5.74) is -0.906. The van der Waals surface area contributed by atoms with Crippen LogP contribution >= 0.6 is 22.9 Å². The molecular formula is C14H7ClFNO3S. The number of aromatic carboxylic acids is 1. The average Bonchev–Trinajstić information content (AvgIpc) is 2.82. The molecule has 1 aromatic carbocycles. The molecule has 0 radical (unpaired) electrons. The monoisotopic (exact) mass is 323 g/mol. The van der Waals surface area contributed by atoms with Crippen LogP contribution in [0.4, 0.5) is 4.39 Å². The highest BCUT2D eigenvalue weighted by molar-refractivity contribution is 7.22. The second-order valence-corrected chi connectivity index (χ2v) is 5.93. The van der Waals surface area contributed by atoms with E-state index in [1.54, 1.807) is 6.07 Å². The minimum absolute atomic E-state index is 0.156. The molecule has 106 valence electrons. The quantitative estimate of drug-likeness (QED) is 0.784. The van der Waals surface area contributed by atoms with E-state index in [-0.39, 0.29) is 11.1 Å². The van der Waals surface area contributed by atoms with Crippen LogP contribution in [0.3, 0.4) is 0 Å². The number of aromatic nitrogens is 1. The third-order valence-corrected chi connectivity index (χ3v) is 4.25. The molecule has 4 nitrogen and oxygen atoms in total. The van der Waals surface area contributed by atoms with Gasteiger partial charge in [-0.3, -0.25) is 4.79 Å². The molecular weight excluding hydrogens is 317 g/mol. The molecule has 7 heteroatoms. The molecule has 0 aliphatic carbocycles. The zero-order chi connectivity index (χ0) is 15.1. The fourth-order valence-electron chi connectivity index (χ4n) is 2.06. The molecule has 0 unspecified atom stereocenters. The Morgan fingerprint density at radius 3 is 2.71 bits per heavy atom. The van der Waals surface area contributed by atoms with Crippen LogP contribution < -0.4 is 5.43 Å². The maximum absolute atomic E-state index is 14.0. The first-order valence-corrected chi connectivity index (χ1v) is 7.01. The normalized spacial score (nSPS) is 11.0. The van der Waals surface area contributed by atoms with Crippen molar-refractivity contribution in [2.75, 3.05) is 0 Å². The smallest absolute Gasteiger partial charge is 0.341 e. The third-order valence-electron chi connectivity index (χ3n) is 2.99. The van der Waals surface area contributed by atoms with Gasteiger partial charge in [0.25, 0.3) is 0 Å². The zero-order valence-corrected chi connectivity index (χ0v) is 11.9. The number of pyridine rings is 1. The summed E-state index contributed by atoms with van der Waals surface area (Å²) in [5.74, 6) is -1.89. The van der Waals surface area contributed by atoms with Crippen LogP contribution in [0, 0.1) is 5.82 Å². The zero-order valence-electron chi connectivity index (χ0n) is 10.3. The number of benzene rings is 1. The summed E-state index contributed by atoms with van der Waals surface area (Å²) in [6, 6.07) is 7.30. The van der Waals surface area contributed by atoms with E-state index in [0.717, 1.165) is 17.5 Å². The highest BCUT2D eigenvalue weighted by Gasteiger charge is 2.18.